The van der Waals surface area contributed by atoms with Crippen LogP contribution in [-0.4, -0.2) is 53.8 Å². The molecule has 1 aliphatic heterocycles. The Morgan fingerprint density at radius 2 is 1.35 bits per heavy atom. The van der Waals surface area contributed by atoms with Crippen molar-refractivity contribution in [3.8, 4) is 5.69 Å². The molecule has 9 heteroatoms. The Kier molecular flexibility index (Phi) is 9.48. The Bertz CT molecular complexity index is 1830. The number of para-hydroxylation sites is 1. The highest BCUT2D eigenvalue weighted by molar-refractivity contribution is 6.19. The Labute approximate surface area is 281 Å². The highest BCUT2D eigenvalue weighted by atomic mass is 16.5. The van der Waals surface area contributed by atoms with Gasteiger partial charge in [-0.15, -0.1) is 0 Å². The van der Waals surface area contributed by atoms with Gasteiger partial charge in [0.2, 0.25) is 0 Å². The summed E-state index contributed by atoms with van der Waals surface area (Å²) in [6.07, 6.45) is 0. The first-order valence-corrected chi connectivity index (χ1v) is 16.8. The van der Waals surface area contributed by atoms with Gasteiger partial charge in [-0.1, -0.05) is 60.7 Å². The van der Waals surface area contributed by atoms with Crippen LogP contribution in [0.1, 0.15) is 62.0 Å². The first-order valence-electron chi connectivity index (χ1n) is 16.8. The van der Waals surface area contributed by atoms with Gasteiger partial charge in [-0.25, -0.2) is 4.68 Å². The van der Waals surface area contributed by atoms with Crippen LogP contribution in [0, 0.1) is 18.8 Å². The van der Waals surface area contributed by atoms with Crippen LogP contribution in [0.15, 0.2) is 90.5 Å². The lowest BCUT2D eigenvalue weighted by Gasteiger charge is -2.42. The standard InChI is InChI=1S/C39H42N4O5/c1-6-42(7-2)27-22-20-26(21-23-27)35-33-31(29-24(5)41-43(37(29)40-35)28-18-14-11-15-19-28)32(38(45)47-8-3)30(25-16-12-10-13-17-25)34(36(33)44)39(46)48-9-4/h10-23,30,32,34-35,40H,6-9H2,1-5H3/t30-,32+,34-,35-/m0/s1. The van der Waals surface area contributed by atoms with Crippen molar-refractivity contribution >= 4 is 34.8 Å². The van der Waals surface area contributed by atoms with Gasteiger partial charge < -0.3 is 19.7 Å². The monoisotopic (exact) mass is 646 g/mol. The number of anilines is 2. The van der Waals surface area contributed by atoms with E-state index in [4.69, 9.17) is 14.6 Å². The second-order valence-electron chi connectivity index (χ2n) is 12.0. The fraction of sp³-hybridized carbons (Fsp3) is 0.333. The van der Waals surface area contributed by atoms with E-state index >= 15 is 4.79 Å². The number of carbonyl (C=O) groups excluding carboxylic acids is 3. The number of aromatic nitrogens is 2. The highest BCUT2D eigenvalue weighted by Gasteiger charge is 2.55. The van der Waals surface area contributed by atoms with Crippen molar-refractivity contribution in [2.75, 3.05) is 36.5 Å². The molecule has 1 aromatic heterocycles. The van der Waals surface area contributed by atoms with Crippen LogP contribution in [-0.2, 0) is 23.9 Å². The van der Waals surface area contributed by atoms with Crippen molar-refractivity contribution in [3.63, 3.8) is 0 Å². The highest BCUT2D eigenvalue weighted by Crippen LogP contribution is 2.55. The van der Waals surface area contributed by atoms with E-state index in [0.29, 0.717) is 33.8 Å². The SMILES string of the molecule is CCOC(=O)[C@@H]1C(=O)C2=C(c3c(C)nn(-c4ccccc4)c3N[C@H]2c2ccc(N(CC)CC)cc2)[C@H](C(=O)OCC)[C@@H]1c1ccccc1. The molecule has 3 aromatic carbocycles. The average Bonchev–Trinajstić information content (AvgIpc) is 3.45. The normalized spacial score (nSPS) is 20.0. The minimum Gasteiger partial charge on any atom is -0.466 e. The minimum absolute atomic E-state index is 0.0989. The van der Waals surface area contributed by atoms with Gasteiger partial charge in [0, 0.05) is 35.8 Å². The molecule has 0 spiro atoms. The number of aryl methyl sites for hydroxylation is 1. The van der Waals surface area contributed by atoms with Gasteiger partial charge in [0.15, 0.2) is 5.78 Å². The number of ketones is 1. The number of hydrogen-bond donors (Lipinski definition) is 1. The summed E-state index contributed by atoms with van der Waals surface area (Å²) >= 11 is 0. The number of carbonyl (C=O) groups is 3. The number of esters is 2. The molecule has 0 radical (unpaired) electrons. The van der Waals surface area contributed by atoms with Crippen LogP contribution in [0.5, 0.6) is 0 Å². The molecule has 48 heavy (non-hydrogen) atoms. The van der Waals surface area contributed by atoms with E-state index in [-0.39, 0.29) is 19.0 Å². The van der Waals surface area contributed by atoms with E-state index < -0.39 is 35.7 Å². The maximum Gasteiger partial charge on any atom is 0.317 e. The molecule has 2 heterocycles. The van der Waals surface area contributed by atoms with Crippen molar-refractivity contribution in [2.24, 2.45) is 11.8 Å². The van der Waals surface area contributed by atoms with Crippen molar-refractivity contribution in [3.05, 3.63) is 113 Å². The Balaban J connectivity index is 1.66. The van der Waals surface area contributed by atoms with Gasteiger partial charge in [-0.2, -0.15) is 5.10 Å². The zero-order valence-corrected chi connectivity index (χ0v) is 28.1. The molecule has 0 saturated carbocycles. The second-order valence-corrected chi connectivity index (χ2v) is 12.0. The van der Waals surface area contributed by atoms with Crippen LogP contribution in [0.25, 0.3) is 11.3 Å². The molecule has 4 atom stereocenters. The molecular formula is C39H42N4O5. The Morgan fingerprint density at radius 3 is 1.94 bits per heavy atom. The zero-order chi connectivity index (χ0) is 33.9. The van der Waals surface area contributed by atoms with Gasteiger partial charge in [-0.3, -0.25) is 14.4 Å². The van der Waals surface area contributed by atoms with Crippen molar-refractivity contribution < 1.29 is 23.9 Å². The fourth-order valence-corrected chi connectivity index (χ4v) is 7.30. The lowest BCUT2D eigenvalue weighted by molar-refractivity contribution is -0.154. The first-order chi connectivity index (χ1) is 23.3. The second kappa shape index (κ2) is 13.9. The van der Waals surface area contributed by atoms with E-state index in [2.05, 4.69) is 24.1 Å². The molecule has 9 nitrogen and oxygen atoms in total. The molecule has 4 aromatic rings. The number of ether oxygens (including phenoxy) is 2. The van der Waals surface area contributed by atoms with Gasteiger partial charge in [0.1, 0.15) is 11.7 Å². The summed E-state index contributed by atoms with van der Waals surface area (Å²) in [5, 5.41) is 8.59. The summed E-state index contributed by atoms with van der Waals surface area (Å²) in [4.78, 5) is 45.5. The third-order valence-corrected chi connectivity index (χ3v) is 9.39. The number of Topliss-reactive ketones (excluding diaryl/α,β-unsaturated/α-hetero) is 1. The van der Waals surface area contributed by atoms with E-state index in [1.807, 2.05) is 96.5 Å². The van der Waals surface area contributed by atoms with Gasteiger partial charge in [0.25, 0.3) is 0 Å². The van der Waals surface area contributed by atoms with Gasteiger partial charge >= 0.3 is 11.9 Å². The molecule has 1 aliphatic carbocycles. The van der Waals surface area contributed by atoms with Gasteiger partial charge in [-0.05, 0) is 75.6 Å². The number of nitrogens with one attached hydrogen (secondary N) is 1. The minimum atomic E-state index is -1.26. The maximum absolute atomic E-state index is 15.0. The van der Waals surface area contributed by atoms with Crippen LogP contribution >= 0.6 is 0 Å². The molecule has 0 unspecified atom stereocenters. The van der Waals surface area contributed by atoms with Crippen LogP contribution < -0.4 is 10.2 Å². The molecule has 1 N–H and O–H groups in total. The predicted octanol–water partition coefficient (Wildman–Crippen LogP) is 6.67. The number of hydrogen-bond acceptors (Lipinski definition) is 8. The average molecular weight is 647 g/mol. The Morgan fingerprint density at radius 1 is 0.771 bits per heavy atom. The van der Waals surface area contributed by atoms with Crippen molar-refractivity contribution in [2.45, 2.75) is 46.6 Å². The number of rotatable bonds is 10. The van der Waals surface area contributed by atoms with E-state index in [9.17, 15) is 9.59 Å². The van der Waals surface area contributed by atoms with Crippen molar-refractivity contribution in [1.29, 1.82) is 0 Å². The van der Waals surface area contributed by atoms with E-state index in [1.165, 1.54) is 0 Å². The van der Waals surface area contributed by atoms with Crippen LogP contribution in [0.2, 0.25) is 0 Å². The predicted molar refractivity (Wildman–Crippen MR) is 186 cm³/mol. The third-order valence-electron chi connectivity index (χ3n) is 9.39. The summed E-state index contributed by atoms with van der Waals surface area (Å²) in [6.45, 7) is 11.5. The molecule has 248 valence electrons. The van der Waals surface area contributed by atoms with Crippen molar-refractivity contribution in [1.82, 2.24) is 9.78 Å². The Hall–Kier alpha value is -5.18. The summed E-state index contributed by atoms with van der Waals surface area (Å²) in [7, 11) is 0. The smallest absolute Gasteiger partial charge is 0.317 e. The third kappa shape index (κ3) is 5.67. The van der Waals surface area contributed by atoms with Crippen LogP contribution in [0.4, 0.5) is 11.5 Å². The number of nitrogens with zero attached hydrogens (tertiary/aromatic N) is 3. The fourth-order valence-electron chi connectivity index (χ4n) is 7.30. The summed E-state index contributed by atoms with van der Waals surface area (Å²) in [5.41, 5.74) is 5.60. The molecule has 0 fully saturated rings. The van der Waals surface area contributed by atoms with E-state index in [1.54, 1.807) is 13.8 Å². The molecule has 2 aliphatic rings. The molecular weight excluding hydrogens is 604 g/mol. The molecule has 6 rings (SSSR count). The number of fused-ring (bicyclic) bond motifs is 2. The lowest BCUT2D eigenvalue weighted by Crippen LogP contribution is -2.46. The zero-order valence-electron chi connectivity index (χ0n) is 28.1. The summed E-state index contributed by atoms with van der Waals surface area (Å²) < 4.78 is 13.2. The quantitative estimate of drug-likeness (QED) is 0.151. The lowest BCUT2D eigenvalue weighted by atomic mass is 9.61. The topological polar surface area (TPSA) is 103 Å². The molecule has 0 bridgehead atoms. The molecule has 0 saturated heterocycles. The largest absolute Gasteiger partial charge is 0.466 e. The number of benzene rings is 3. The van der Waals surface area contributed by atoms with Gasteiger partial charge in [0.05, 0.1) is 36.6 Å². The van der Waals surface area contributed by atoms with Crippen LogP contribution in [0.3, 0.4) is 0 Å². The first kappa shape index (κ1) is 32.7. The summed E-state index contributed by atoms with van der Waals surface area (Å²) in [5.74, 6) is -3.97. The molecule has 0 amide bonds. The van der Waals surface area contributed by atoms with E-state index in [0.717, 1.165) is 30.0 Å². The maximum atomic E-state index is 15.0. The summed E-state index contributed by atoms with van der Waals surface area (Å²) in [6, 6.07) is 26.4.